The Morgan fingerprint density at radius 1 is 1.67 bits per heavy atom. The van der Waals surface area contributed by atoms with E-state index >= 15 is 0 Å². The Kier molecular flexibility index (Phi) is 2.16. The molecule has 1 heterocycles. The molecule has 12 heavy (non-hydrogen) atoms. The number of nitrogens with two attached hydrogens (primary N) is 1. The van der Waals surface area contributed by atoms with Gasteiger partial charge in [-0.1, -0.05) is 0 Å². The average molecular weight is 167 g/mol. The molecule has 1 aromatic rings. The van der Waals surface area contributed by atoms with Crippen molar-refractivity contribution >= 4 is 11.9 Å². The van der Waals surface area contributed by atoms with Crippen molar-refractivity contribution in [1.29, 1.82) is 0 Å². The van der Waals surface area contributed by atoms with E-state index in [0.717, 1.165) is 0 Å². The summed E-state index contributed by atoms with van der Waals surface area (Å²) in [6.45, 7) is 3.82. The van der Waals surface area contributed by atoms with Gasteiger partial charge < -0.3 is 5.73 Å². The first-order valence-corrected chi connectivity index (χ1v) is 3.42. The maximum Gasteiger partial charge on any atom is 0.239 e. The van der Waals surface area contributed by atoms with Crippen LogP contribution in [0, 0.1) is 0 Å². The minimum Gasteiger partial charge on any atom is -0.368 e. The van der Waals surface area contributed by atoms with Crippen molar-refractivity contribution in [3.63, 3.8) is 0 Å². The molecule has 1 rings (SSSR count). The molecule has 0 unspecified atom stereocenters. The Balaban J connectivity index is 3.08. The van der Waals surface area contributed by atoms with Gasteiger partial charge in [0.05, 0.1) is 6.04 Å². The van der Waals surface area contributed by atoms with Gasteiger partial charge in [0.2, 0.25) is 11.9 Å². The van der Waals surface area contributed by atoms with Crippen molar-refractivity contribution in [2.45, 2.75) is 19.9 Å². The van der Waals surface area contributed by atoms with Gasteiger partial charge in [0.15, 0.2) is 0 Å². The zero-order valence-corrected chi connectivity index (χ0v) is 6.84. The zero-order chi connectivity index (χ0) is 9.14. The molecule has 0 aliphatic rings. The molecule has 1 aromatic heterocycles. The lowest BCUT2D eigenvalue weighted by atomic mass is 10.4. The van der Waals surface area contributed by atoms with Crippen LogP contribution in [0.2, 0.25) is 0 Å². The Labute approximate surface area is 68.8 Å². The first-order valence-electron chi connectivity index (χ1n) is 3.42. The number of anilines is 1. The number of hydrogen-bond acceptors (Lipinski definition) is 4. The van der Waals surface area contributed by atoms with Crippen LogP contribution in [0.15, 0.2) is 5.11 Å². The van der Waals surface area contributed by atoms with Crippen molar-refractivity contribution in [2.24, 2.45) is 5.11 Å². The molecule has 0 bridgehead atoms. The summed E-state index contributed by atoms with van der Waals surface area (Å²) in [5.74, 6) is 0.316. The fraction of sp³-hybridized carbons (Fsp3) is 0.600. The Morgan fingerprint density at radius 3 is 2.75 bits per heavy atom. The quantitative estimate of drug-likeness (QED) is 0.408. The molecule has 0 saturated heterocycles. The van der Waals surface area contributed by atoms with Crippen LogP contribution in [0.25, 0.3) is 10.4 Å². The van der Waals surface area contributed by atoms with Crippen LogP contribution >= 0.6 is 0 Å². The number of nitrogens with zero attached hydrogens (tertiary/aromatic N) is 6. The lowest BCUT2D eigenvalue weighted by Crippen LogP contribution is -2.06. The normalized spacial score (nSPS) is 9.92. The van der Waals surface area contributed by atoms with Gasteiger partial charge in [-0.2, -0.15) is 4.98 Å². The fourth-order valence-electron chi connectivity index (χ4n) is 0.786. The van der Waals surface area contributed by atoms with Crippen LogP contribution in [0.4, 0.5) is 11.9 Å². The molecule has 2 N–H and O–H groups in total. The number of aromatic nitrogens is 3. The third kappa shape index (κ3) is 1.46. The minimum atomic E-state index is 0.0590. The summed E-state index contributed by atoms with van der Waals surface area (Å²) in [5.41, 5.74) is 13.6. The van der Waals surface area contributed by atoms with Gasteiger partial charge in [-0.05, 0) is 24.5 Å². The molecule has 0 aromatic carbocycles. The van der Waals surface area contributed by atoms with Crippen molar-refractivity contribution in [1.82, 2.24) is 14.8 Å². The van der Waals surface area contributed by atoms with Crippen molar-refractivity contribution in [3.8, 4) is 0 Å². The minimum absolute atomic E-state index is 0.0590. The number of rotatable bonds is 2. The summed E-state index contributed by atoms with van der Waals surface area (Å²) < 4.78 is 1.49. The molecular formula is C5H9N7. The molecule has 0 saturated carbocycles. The van der Waals surface area contributed by atoms with E-state index in [9.17, 15) is 0 Å². The highest BCUT2D eigenvalue weighted by atomic mass is 15.4. The van der Waals surface area contributed by atoms with E-state index in [1.807, 2.05) is 13.8 Å². The number of azide groups is 1. The zero-order valence-electron chi connectivity index (χ0n) is 6.84. The standard InChI is InChI=1S/C5H9N7/c1-3(2)12-4(6)8-5(10-12)9-11-7/h3H,1-2H3,(H2,6,8,10). The fourth-order valence-corrected chi connectivity index (χ4v) is 0.786. The molecule has 0 aliphatic carbocycles. The molecule has 0 spiro atoms. The smallest absolute Gasteiger partial charge is 0.239 e. The van der Waals surface area contributed by atoms with Gasteiger partial charge in [0.1, 0.15) is 0 Å². The van der Waals surface area contributed by atoms with Gasteiger partial charge in [-0.15, -0.1) is 5.10 Å². The maximum atomic E-state index is 8.09. The highest BCUT2D eigenvalue weighted by molar-refractivity contribution is 5.26. The van der Waals surface area contributed by atoms with E-state index in [4.69, 9.17) is 11.3 Å². The second-order valence-corrected chi connectivity index (χ2v) is 2.50. The monoisotopic (exact) mass is 167 g/mol. The summed E-state index contributed by atoms with van der Waals surface area (Å²) >= 11 is 0. The second kappa shape index (κ2) is 3.10. The highest BCUT2D eigenvalue weighted by Gasteiger charge is 2.07. The molecule has 7 heteroatoms. The highest BCUT2D eigenvalue weighted by Crippen LogP contribution is 2.13. The van der Waals surface area contributed by atoms with E-state index in [1.165, 1.54) is 4.68 Å². The lowest BCUT2D eigenvalue weighted by molar-refractivity contribution is 0.540. The van der Waals surface area contributed by atoms with Crippen LogP contribution in [0.5, 0.6) is 0 Å². The summed E-state index contributed by atoms with van der Waals surface area (Å²) in [6.07, 6.45) is 0. The first-order chi connectivity index (χ1) is 5.65. The molecule has 64 valence electrons. The van der Waals surface area contributed by atoms with Crippen LogP contribution in [-0.4, -0.2) is 14.8 Å². The maximum absolute atomic E-state index is 8.09. The van der Waals surface area contributed by atoms with Gasteiger partial charge in [-0.25, -0.2) is 4.68 Å². The van der Waals surface area contributed by atoms with Gasteiger partial charge in [-0.3, -0.25) is 0 Å². The number of nitrogen functional groups attached to an aromatic ring is 1. The Bertz CT molecular complexity index is 319. The van der Waals surface area contributed by atoms with E-state index in [0.29, 0.717) is 0 Å². The van der Waals surface area contributed by atoms with Crippen molar-refractivity contribution in [2.75, 3.05) is 5.73 Å². The first kappa shape index (κ1) is 8.35. The van der Waals surface area contributed by atoms with Crippen LogP contribution < -0.4 is 5.73 Å². The molecular weight excluding hydrogens is 158 g/mol. The van der Waals surface area contributed by atoms with Gasteiger partial charge >= 0.3 is 0 Å². The molecule has 0 atom stereocenters. The molecule has 0 radical (unpaired) electrons. The van der Waals surface area contributed by atoms with Crippen LogP contribution in [-0.2, 0) is 0 Å². The number of hydrogen-bond donors (Lipinski definition) is 1. The van der Waals surface area contributed by atoms with Crippen LogP contribution in [0.3, 0.4) is 0 Å². The molecule has 0 fully saturated rings. The van der Waals surface area contributed by atoms with Gasteiger partial charge in [0, 0.05) is 4.91 Å². The van der Waals surface area contributed by atoms with E-state index in [1.54, 1.807) is 0 Å². The summed E-state index contributed by atoms with van der Waals surface area (Å²) in [4.78, 5) is 6.28. The van der Waals surface area contributed by atoms with Gasteiger partial charge in [0.25, 0.3) is 0 Å². The van der Waals surface area contributed by atoms with Crippen molar-refractivity contribution < 1.29 is 0 Å². The lowest BCUT2D eigenvalue weighted by Gasteiger charge is -2.04. The SMILES string of the molecule is CC(C)n1nc(N=[N+]=[N-])nc1N. The van der Waals surface area contributed by atoms with E-state index in [2.05, 4.69) is 20.1 Å². The van der Waals surface area contributed by atoms with Crippen LogP contribution in [0.1, 0.15) is 19.9 Å². The second-order valence-electron chi connectivity index (χ2n) is 2.50. The van der Waals surface area contributed by atoms with Crippen molar-refractivity contribution in [3.05, 3.63) is 10.4 Å². The molecule has 7 nitrogen and oxygen atoms in total. The van der Waals surface area contributed by atoms with E-state index < -0.39 is 0 Å². The largest absolute Gasteiger partial charge is 0.368 e. The third-order valence-electron chi connectivity index (χ3n) is 1.27. The summed E-state index contributed by atoms with van der Waals surface area (Å²) in [6, 6.07) is 0.111. The summed E-state index contributed by atoms with van der Waals surface area (Å²) in [5, 5.41) is 7.09. The Hall–Kier alpha value is -1.75. The Morgan fingerprint density at radius 2 is 2.33 bits per heavy atom. The summed E-state index contributed by atoms with van der Waals surface area (Å²) in [7, 11) is 0. The third-order valence-corrected chi connectivity index (χ3v) is 1.27. The predicted octanol–water partition coefficient (Wildman–Crippen LogP) is 1.38. The molecule has 0 aliphatic heterocycles. The predicted molar refractivity (Wildman–Crippen MR) is 43.6 cm³/mol. The molecule has 0 amide bonds. The topological polar surface area (TPSA) is 105 Å². The average Bonchev–Trinajstić information content (AvgIpc) is 2.32. The van der Waals surface area contributed by atoms with E-state index in [-0.39, 0.29) is 17.9 Å².